The molecule has 1 rings (SSSR count). The Morgan fingerprint density at radius 3 is 2.40 bits per heavy atom. The Labute approximate surface area is 120 Å². The van der Waals surface area contributed by atoms with E-state index in [1.807, 2.05) is 13.8 Å². The average Bonchev–Trinajstić information content (AvgIpc) is 2.34. The second-order valence-electron chi connectivity index (χ2n) is 5.16. The molecule has 112 valence electrons. The fraction of sp³-hybridized carbons (Fsp3) is 0.500. The molecule has 0 radical (unpaired) electrons. The Balaban J connectivity index is 3.13. The number of aryl methyl sites for hydroxylation is 2. The minimum atomic E-state index is -3.76. The maximum absolute atomic E-state index is 12.4. The van der Waals surface area contributed by atoms with Crippen molar-refractivity contribution < 1.29 is 13.2 Å². The molecule has 0 fully saturated rings. The summed E-state index contributed by atoms with van der Waals surface area (Å²) in [5, 5.41) is 0. The molecule has 5 nitrogen and oxygen atoms in total. The Hall–Kier alpha value is -1.40. The number of hydrogen-bond acceptors (Lipinski definition) is 3. The lowest BCUT2D eigenvalue weighted by atomic mass is 10.00. The third kappa shape index (κ3) is 3.80. The van der Waals surface area contributed by atoms with Crippen LogP contribution in [0.25, 0.3) is 0 Å². The Morgan fingerprint density at radius 2 is 1.95 bits per heavy atom. The maximum Gasteiger partial charge on any atom is 0.241 e. The SMILES string of the molecule is CCC(C)C(NS(=O)(=O)c1ccc(C)cc1C)C(N)=O. The molecule has 0 bridgehead atoms. The van der Waals surface area contributed by atoms with Crippen molar-refractivity contribution in [2.24, 2.45) is 11.7 Å². The first-order valence-electron chi connectivity index (χ1n) is 6.58. The number of nitrogens with two attached hydrogens (primary N) is 1. The number of carbonyl (C=O) groups excluding carboxylic acids is 1. The van der Waals surface area contributed by atoms with Crippen LogP contribution in [0.4, 0.5) is 0 Å². The van der Waals surface area contributed by atoms with Crippen molar-refractivity contribution >= 4 is 15.9 Å². The van der Waals surface area contributed by atoms with Crippen molar-refractivity contribution in [3.8, 4) is 0 Å². The first-order valence-corrected chi connectivity index (χ1v) is 8.06. The maximum atomic E-state index is 12.4. The van der Waals surface area contributed by atoms with Gasteiger partial charge in [0.2, 0.25) is 15.9 Å². The zero-order valence-electron chi connectivity index (χ0n) is 12.3. The minimum absolute atomic E-state index is 0.159. The van der Waals surface area contributed by atoms with Crippen LogP contribution < -0.4 is 10.5 Å². The zero-order valence-corrected chi connectivity index (χ0v) is 13.1. The molecule has 3 N–H and O–H groups in total. The molecular weight excluding hydrogens is 276 g/mol. The van der Waals surface area contributed by atoms with Gasteiger partial charge in [-0.1, -0.05) is 38.0 Å². The van der Waals surface area contributed by atoms with Gasteiger partial charge in [0, 0.05) is 0 Å². The van der Waals surface area contributed by atoms with Crippen molar-refractivity contribution in [3.63, 3.8) is 0 Å². The van der Waals surface area contributed by atoms with E-state index in [2.05, 4.69) is 4.72 Å². The number of carbonyl (C=O) groups is 1. The van der Waals surface area contributed by atoms with Crippen molar-refractivity contribution in [1.29, 1.82) is 0 Å². The Morgan fingerprint density at radius 1 is 1.35 bits per heavy atom. The highest BCUT2D eigenvalue weighted by Gasteiger charge is 2.28. The summed E-state index contributed by atoms with van der Waals surface area (Å²) < 4.78 is 27.2. The highest BCUT2D eigenvalue weighted by Crippen LogP contribution is 2.18. The molecule has 0 heterocycles. The summed E-state index contributed by atoms with van der Waals surface area (Å²) in [5.41, 5.74) is 6.92. The van der Waals surface area contributed by atoms with Gasteiger partial charge in [-0.3, -0.25) is 4.79 Å². The fourth-order valence-electron chi connectivity index (χ4n) is 2.02. The van der Waals surface area contributed by atoms with E-state index in [1.54, 1.807) is 32.0 Å². The van der Waals surface area contributed by atoms with Gasteiger partial charge in [0.25, 0.3) is 0 Å². The lowest BCUT2D eigenvalue weighted by Gasteiger charge is -2.21. The van der Waals surface area contributed by atoms with Crippen LogP contribution in [0.3, 0.4) is 0 Å². The van der Waals surface area contributed by atoms with E-state index in [4.69, 9.17) is 5.73 Å². The second-order valence-corrected chi connectivity index (χ2v) is 6.84. The second kappa shape index (κ2) is 6.37. The molecule has 1 aromatic carbocycles. The van der Waals surface area contributed by atoms with Gasteiger partial charge in [0.15, 0.2) is 0 Å². The van der Waals surface area contributed by atoms with Crippen LogP contribution >= 0.6 is 0 Å². The molecule has 2 unspecified atom stereocenters. The molecule has 1 aromatic rings. The predicted molar refractivity (Wildman–Crippen MR) is 78.7 cm³/mol. The largest absolute Gasteiger partial charge is 0.368 e. The molecule has 20 heavy (non-hydrogen) atoms. The lowest BCUT2D eigenvalue weighted by molar-refractivity contribution is -0.120. The topological polar surface area (TPSA) is 89.3 Å². The summed E-state index contributed by atoms with van der Waals surface area (Å²) in [4.78, 5) is 11.6. The van der Waals surface area contributed by atoms with Crippen molar-refractivity contribution in [1.82, 2.24) is 4.72 Å². The summed E-state index contributed by atoms with van der Waals surface area (Å²) in [6.07, 6.45) is 0.656. The smallest absolute Gasteiger partial charge is 0.241 e. The van der Waals surface area contributed by atoms with E-state index < -0.39 is 22.0 Å². The summed E-state index contributed by atoms with van der Waals surface area (Å²) in [5.74, 6) is -0.819. The van der Waals surface area contributed by atoms with Crippen LogP contribution in [0, 0.1) is 19.8 Å². The van der Waals surface area contributed by atoms with Gasteiger partial charge < -0.3 is 5.73 Å². The molecule has 0 spiro atoms. The molecule has 0 aromatic heterocycles. The number of primary amides is 1. The number of nitrogens with one attached hydrogen (secondary N) is 1. The minimum Gasteiger partial charge on any atom is -0.368 e. The quantitative estimate of drug-likeness (QED) is 0.833. The summed E-state index contributed by atoms with van der Waals surface area (Å²) in [7, 11) is -3.76. The van der Waals surface area contributed by atoms with E-state index >= 15 is 0 Å². The molecular formula is C14H22N2O3S. The highest BCUT2D eigenvalue weighted by atomic mass is 32.2. The third-order valence-corrected chi connectivity index (χ3v) is 5.02. The normalized spacial score (nSPS) is 14.8. The van der Waals surface area contributed by atoms with Crippen LogP contribution in [-0.4, -0.2) is 20.4 Å². The van der Waals surface area contributed by atoms with Crippen molar-refractivity contribution in [2.45, 2.75) is 45.1 Å². The van der Waals surface area contributed by atoms with Crippen LogP contribution in [-0.2, 0) is 14.8 Å². The van der Waals surface area contributed by atoms with E-state index in [0.717, 1.165) is 5.56 Å². The number of amides is 1. The average molecular weight is 298 g/mol. The van der Waals surface area contributed by atoms with Crippen LogP contribution in [0.5, 0.6) is 0 Å². The van der Waals surface area contributed by atoms with E-state index in [0.29, 0.717) is 12.0 Å². The van der Waals surface area contributed by atoms with Crippen molar-refractivity contribution in [2.75, 3.05) is 0 Å². The van der Waals surface area contributed by atoms with Crippen molar-refractivity contribution in [3.05, 3.63) is 29.3 Å². The van der Waals surface area contributed by atoms with Gasteiger partial charge in [-0.2, -0.15) is 4.72 Å². The third-order valence-electron chi connectivity index (χ3n) is 3.42. The number of benzene rings is 1. The van der Waals surface area contributed by atoms with Gasteiger partial charge >= 0.3 is 0 Å². The van der Waals surface area contributed by atoms with Gasteiger partial charge in [-0.25, -0.2) is 8.42 Å². The molecule has 0 aliphatic rings. The Bertz CT molecular complexity index is 596. The first kappa shape index (κ1) is 16.7. The molecule has 0 saturated carbocycles. The highest BCUT2D eigenvalue weighted by molar-refractivity contribution is 7.89. The van der Waals surface area contributed by atoms with E-state index in [-0.39, 0.29) is 10.8 Å². The van der Waals surface area contributed by atoms with Gasteiger partial charge in [0.05, 0.1) is 4.90 Å². The summed E-state index contributed by atoms with van der Waals surface area (Å²) in [6.45, 7) is 7.29. The van der Waals surface area contributed by atoms with Gasteiger partial charge in [0.1, 0.15) is 6.04 Å². The van der Waals surface area contributed by atoms with Crippen LogP contribution in [0.15, 0.2) is 23.1 Å². The fourth-order valence-corrected chi connectivity index (χ4v) is 3.56. The monoisotopic (exact) mass is 298 g/mol. The number of hydrogen-bond donors (Lipinski definition) is 2. The van der Waals surface area contributed by atoms with E-state index in [9.17, 15) is 13.2 Å². The van der Waals surface area contributed by atoms with E-state index in [1.165, 1.54) is 0 Å². The Kier molecular flexibility index (Phi) is 5.30. The predicted octanol–water partition coefficient (Wildman–Crippen LogP) is 1.48. The molecule has 0 aliphatic heterocycles. The molecule has 6 heteroatoms. The number of rotatable bonds is 6. The first-order chi connectivity index (χ1) is 9.19. The lowest BCUT2D eigenvalue weighted by Crippen LogP contribution is -2.48. The zero-order chi connectivity index (χ0) is 15.5. The standard InChI is InChI=1S/C14H22N2O3S/c1-5-10(3)13(14(15)17)16-20(18,19)12-7-6-9(2)8-11(12)4/h6-8,10,13,16H,5H2,1-4H3,(H2,15,17). The molecule has 1 amide bonds. The van der Waals surface area contributed by atoms with Gasteiger partial charge in [-0.05, 0) is 31.4 Å². The van der Waals surface area contributed by atoms with Crippen LogP contribution in [0.1, 0.15) is 31.4 Å². The molecule has 0 saturated heterocycles. The molecule has 2 atom stereocenters. The summed E-state index contributed by atoms with van der Waals surface area (Å²) >= 11 is 0. The molecule has 0 aliphatic carbocycles. The van der Waals surface area contributed by atoms with Crippen LogP contribution in [0.2, 0.25) is 0 Å². The number of sulfonamides is 1. The summed E-state index contributed by atoms with van der Waals surface area (Å²) in [6, 6.07) is 4.16. The van der Waals surface area contributed by atoms with Gasteiger partial charge in [-0.15, -0.1) is 0 Å².